The molecule has 0 bridgehead atoms. The summed E-state index contributed by atoms with van der Waals surface area (Å²) in [7, 11) is 0. The van der Waals surface area contributed by atoms with Crippen LogP contribution in [0, 0.1) is 5.82 Å². The third kappa shape index (κ3) is 3.83. The first-order valence-electron chi connectivity index (χ1n) is 6.14. The number of likely N-dealkylation sites (N-methyl/N-ethyl adjacent to an activating group) is 1. The van der Waals surface area contributed by atoms with Gasteiger partial charge in [0, 0.05) is 15.4 Å². The van der Waals surface area contributed by atoms with E-state index in [1.807, 2.05) is 6.07 Å². The molecule has 1 heterocycles. The molecule has 20 heavy (non-hydrogen) atoms. The Morgan fingerprint density at radius 3 is 2.75 bits per heavy atom. The molecule has 6 heteroatoms. The maximum absolute atomic E-state index is 13.5. The second kappa shape index (κ2) is 7.36. The zero-order chi connectivity index (χ0) is 14.7. The summed E-state index contributed by atoms with van der Waals surface area (Å²) in [6, 6.07) is 7.14. The Morgan fingerprint density at radius 1 is 1.40 bits per heavy atom. The molecule has 1 nitrogen and oxygen atoms in total. The van der Waals surface area contributed by atoms with Gasteiger partial charge in [0.15, 0.2) is 0 Å². The van der Waals surface area contributed by atoms with Crippen LogP contribution >= 0.6 is 54.8 Å². The Balaban J connectivity index is 2.27. The Bertz CT molecular complexity index is 583. The van der Waals surface area contributed by atoms with E-state index in [-0.39, 0.29) is 16.9 Å². The van der Waals surface area contributed by atoms with Crippen LogP contribution in [0.3, 0.4) is 0 Å². The minimum absolute atomic E-state index is 0.117. The number of thiophene rings is 1. The number of rotatable bonds is 5. The van der Waals surface area contributed by atoms with Crippen LogP contribution in [0.25, 0.3) is 0 Å². The number of nitrogens with one attached hydrogen (secondary N) is 1. The van der Waals surface area contributed by atoms with Gasteiger partial charge in [-0.15, -0.1) is 11.3 Å². The smallest absolute Gasteiger partial charge is 0.142 e. The lowest BCUT2D eigenvalue weighted by atomic mass is 10.0. The molecule has 108 valence electrons. The van der Waals surface area contributed by atoms with Crippen molar-refractivity contribution in [3.05, 3.63) is 53.8 Å². The first kappa shape index (κ1) is 16.4. The zero-order valence-electron chi connectivity index (χ0n) is 10.7. The SMILES string of the molecule is CCNC(Cc1cccc(F)c1Cl)c1cc(Br)c(Br)s1. The second-order valence-corrected chi connectivity index (χ2v) is 7.93. The summed E-state index contributed by atoms with van der Waals surface area (Å²) in [6.45, 7) is 2.89. The van der Waals surface area contributed by atoms with Crippen LogP contribution in [0.5, 0.6) is 0 Å². The molecule has 0 aliphatic heterocycles. The predicted molar refractivity (Wildman–Crippen MR) is 91.3 cm³/mol. The fourth-order valence-electron chi connectivity index (χ4n) is 1.98. The molecule has 1 aromatic carbocycles. The molecule has 2 rings (SSSR count). The fraction of sp³-hybridized carbons (Fsp3) is 0.286. The third-order valence-electron chi connectivity index (χ3n) is 2.91. The highest BCUT2D eigenvalue weighted by molar-refractivity contribution is 9.13. The lowest BCUT2D eigenvalue weighted by molar-refractivity contribution is 0.554. The minimum Gasteiger partial charge on any atom is -0.309 e. The van der Waals surface area contributed by atoms with E-state index in [2.05, 4.69) is 50.2 Å². The summed E-state index contributed by atoms with van der Waals surface area (Å²) >= 11 is 14.7. The van der Waals surface area contributed by atoms with Crippen LogP contribution in [0.15, 0.2) is 32.5 Å². The molecule has 0 amide bonds. The number of hydrogen-bond donors (Lipinski definition) is 1. The standard InChI is InChI=1S/C14H13Br2ClFNS/c1-2-19-11(12-7-9(15)14(16)20-12)6-8-4-3-5-10(18)13(8)17/h3-5,7,11,19H,2,6H2,1H3. The van der Waals surface area contributed by atoms with E-state index in [1.54, 1.807) is 17.4 Å². The van der Waals surface area contributed by atoms with Crippen LogP contribution in [0.2, 0.25) is 5.02 Å². The van der Waals surface area contributed by atoms with Gasteiger partial charge in [0.1, 0.15) is 5.82 Å². The largest absolute Gasteiger partial charge is 0.309 e. The highest BCUT2D eigenvalue weighted by Gasteiger charge is 2.17. The lowest BCUT2D eigenvalue weighted by Crippen LogP contribution is -2.22. The maximum atomic E-state index is 13.5. The van der Waals surface area contributed by atoms with Gasteiger partial charge in [-0.05, 0) is 62.5 Å². The topological polar surface area (TPSA) is 12.0 Å². The van der Waals surface area contributed by atoms with Gasteiger partial charge < -0.3 is 5.32 Å². The van der Waals surface area contributed by atoms with Gasteiger partial charge in [0.25, 0.3) is 0 Å². The van der Waals surface area contributed by atoms with Crippen LogP contribution in [0.4, 0.5) is 4.39 Å². The highest BCUT2D eigenvalue weighted by atomic mass is 79.9. The first-order valence-corrected chi connectivity index (χ1v) is 8.92. The Hall–Kier alpha value is 0.0600. The summed E-state index contributed by atoms with van der Waals surface area (Å²) in [5.41, 5.74) is 0.818. The molecule has 0 saturated heterocycles. The maximum Gasteiger partial charge on any atom is 0.142 e. The van der Waals surface area contributed by atoms with E-state index in [0.717, 1.165) is 20.4 Å². The van der Waals surface area contributed by atoms with Crippen molar-refractivity contribution in [3.8, 4) is 0 Å². The van der Waals surface area contributed by atoms with Crippen molar-refractivity contribution >= 4 is 54.8 Å². The number of benzene rings is 1. The number of halogens is 4. The summed E-state index contributed by atoms with van der Waals surface area (Å²) < 4.78 is 15.6. The molecular weight excluding hydrogens is 428 g/mol. The van der Waals surface area contributed by atoms with Crippen molar-refractivity contribution < 1.29 is 4.39 Å². The van der Waals surface area contributed by atoms with E-state index in [9.17, 15) is 4.39 Å². The van der Waals surface area contributed by atoms with Gasteiger partial charge in [-0.2, -0.15) is 0 Å². The van der Waals surface area contributed by atoms with Crippen molar-refractivity contribution in [3.63, 3.8) is 0 Å². The monoisotopic (exact) mass is 439 g/mol. The van der Waals surface area contributed by atoms with Crippen molar-refractivity contribution in [2.75, 3.05) is 6.54 Å². The van der Waals surface area contributed by atoms with Gasteiger partial charge in [-0.25, -0.2) is 4.39 Å². The van der Waals surface area contributed by atoms with Crippen molar-refractivity contribution in [2.24, 2.45) is 0 Å². The van der Waals surface area contributed by atoms with Gasteiger partial charge >= 0.3 is 0 Å². The van der Waals surface area contributed by atoms with Crippen LogP contribution in [-0.2, 0) is 6.42 Å². The molecule has 1 atom stereocenters. The van der Waals surface area contributed by atoms with Gasteiger partial charge in [-0.1, -0.05) is 30.7 Å². The molecule has 1 unspecified atom stereocenters. The lowest BCUT2D eigenvalue weighted by Gasteiger charge is -2.17. The van der Waals surface area contributed by atoms with Gasteiger partial charge in [-0.3, -0.25) is 0 Å². The summed E-state index contributed by atoms with van der Waals surface area (Å²) in [5, 5.41) is 3.64. The molecule has 0 aliphatic carbocycles. The molecule has 0 radical (unpaired) electrons. The molecule has 0 saturated carbocycles. The van der Waals surface area contributed by atoms with Crippen LogP contribution in [-0.4, -0.2) is 6.54 Å². The van der Waals surface area contributed by atoms with Gasteiger partial charge in [0.2, 0.25) is 0 Å². The molecule has 0 aliphatic rings. The Morgan fingerprint density at radius 2 is 2.15 bits per heavy atom. The first-order chi connectivity index (χ1) is 9.52. The highest BCUT2D eigenvalue weighted by Crippen LogP contribution is 2.37. The quantitative estimate of drug-likeness (QED) is 0.604. The van der Waals surface area contributed by atoms with E-state index >= 15 is 0 Å². The Labute approximate surface area is 143 Å². The van der Waals surface area contributed by atoms with E-state index in [0.29, 0.717) is 6.42 Å². The third-order valence-corrected chi connectivity index (χ3v) is 6.71. The predicted octanol–water partition coefficient (Wildman–Crippen LogP) is 5.96. The van der Waals surface area contributed by atoms with Crippen molar-refractivity contribution in [1.29, 1.82) is 0 Å². The summed E-state index contributed by atoms with van der Waals surface area (Å²) in [4.78, 5) is 1.19. The summed E-state index contributed by atoms with van der Waals surface area (Å²) in [6.07, 6.45) is 0.657. The molecule has 2 aromatic rings. The van der Waals surface area contributed by atoms with E-state index in [4.69, 9.17) is 11.6 Å². The van der Waals surface area contributed by atoms with Crippen LogP contribution < -0.4 is 5.32 Å². The molecule has 0 fully saturated rings. The summed E-state index contributed by atoms with van der Waals surface area (Å²) in [5.74, 6) is -0.368. The Kier molecular flexibility index (Phi) is 6.05. The second-order valence-electron chi connectivity index (χ2n) is 4.30. The van der Waals surface area contributed by atoms with Crippen LogP contribution in [0.1, 0.15) is 23.4 Å². The molecule has 1 N–H and O–H groups in total. The average molecular weight is 442 g/mol. The van der Waals surface area contributed by atoms with E-state index < -0.39 is 0 Å². The number of hydrogen-bond acceptors (Lipinski definition) is 2. The fourth-order valence-corrected chi connectivity index (χ4v) is 4.35. The average Bonchev–Trinajstić information content (AvgIpc) is 2.74. The van der Waals surface area contributed by atoms with Gasteiger partial charge in [0.05, 0.1) is 8.81 Å². The van der Waals surface area contributed by atoms with Crippen molar-refractivity contribution in [2.45, 2.75) is 19.4 Å². The zero-order valence-corrected chi connectivity index (χ0v) is 15.5. The molecular formula is C14H13Br2ClFNS. The normalized spacial score (nSPS) is 12.7. The molecule has 0 spiro atoms. The van der Waals surface area contributed by atoms with Crippen molar-refractivity contribution in [1.82, 2.24) is 5.32 Å². The van der Waals surface area contributed by atoms with E-state index in [1.165, 1.54) is 10.9 Å². The minimum atomic E-state index is -0.368. The molecule has 1 aromatic heterocycles.